The molecule has 2 aromatic carbocycles. The summed E-state index contributed by atoms with van der Waals surface area (Å²) >= 11 is 3.66. The molecule has 0 saturated carbocycles. The molecule has 0 aliphatic carbocycles. The topological polar surface area (TPSA) is 20.2 Å². The van der Waals surface area contributed by atoms with Crippen LogP contribution in [0.5, 0.6) is 0 Å². The monoisotopic (exact) mass is 386 g/mol. The maximum absolute atomic E-state index is 10.5. The van der Waals surface area contributed by atoms with E-state index in [0.29, 0.717) is 0 Å². The minimum atomic E-state index is -0.741. The molecule has 1 nitrogen and oxygen atoms in total. The van der Waals surface area contributed by atoms with E-state index in [1.54, 1.807) is 11.8 Å². The van der Waals surface area contributed by atoms with Gasteiger partial charge in [0.15, 0.2) is 0 Å². The maximum Gasteiger partial charge on any atom is 0.0735 e. The molecule has 1 N–H and O–H groups in total. The number of thioether (sulfide) groups is 2. The third-order valence-corrected chi connectivity index (χ3v) is 10.1. The lowest BCUT2D eigenvalue weighted by Gasteiger charge is -2.36. The Morgan fingerprint density at radius 3 is 2.44 bits per heavy atom. The highest BCUT2D eigenvalue weighted by Crippen LogP contribution is 2.58. The van der Waals surface area contributed by atoms with Crippen LogP contribution in [-0.2, 0) is 0 Å². The van der Waals surface area contributed by atoms with Crippen LogP contribution in [0.15, 0.2) is 61.4 Å². The van der Waals surface area contributed by atoms with Crippen LogP contribution >= 0.6 is 34.0 Å². The standard InChI is InChI=1S/C21H22OS3/c1-20(2,22)21(3,4)24-16-9-10-17-18(12-16)25-13-15-8-6-5-7-14(15)11-19(25)23-17/h5-13,22H,1-4H3. The van der Waals surface area contributed by atoms with Gasteiger partial charge in [-0.05, 0) is 68.5 Å². The Balaban J connectivity index is 1.73. The summed E-state index contributed by atoms with van der Waals surface area (Å²) in [7, 11) is 0.0418. The Labute approximate surface area is 160 Å². The van der Waals surface area contributed by atoms with Crippen molar-refractivity contribution >= 4 is 45.5 Å². The molecule has 1 unspecified atom stereocenters. The molecule has 4 rings (SSSR count). The molecule has 25 heavy (non-hydrogen) atoms. The molecular formula is C21H22OS3. The summed E-state index contributed by atoms with van der Waals surface area (Å²) in [6, 6.07) is 15.4. The summed E-state index contributed by atoms with van der Waals surface area (Å²) < 4.78 is 1.19. The van der Waals surface area contributed by atoms with Crippen molar-refractivity contribution in [2.75, 3.05) is 0 Å². The SMILES string of the molecule is CC(C)(O)C(C)(C)Sc1ccc2c(c1)S1=Cc3ccccc3C=C1S2. The predicted octanol–water partition coefficient (Wildman–Crippen LogP) is 6.22. The Bertz CT molecular complexity index is 917. The fourth-order valence-corrected chi connectivity index (χ4v) is 7.79. The maximum atomic E-state index is 10.5. The molecule has 0 radical (unpaired) electrons. The van der Waals surface area contributed by atoms with Gasteiger partial charge >= 0.3 is 0 Å². The molecule has 2 aliphatic rings. The van der Waals surface area contributed by atoms with Crippen molar-refractivity contribution in [1.29, 1.82) is 0 Å². The summed E-state index contributed by atoms with van der Waals surface area (Å²) in [6.07, 6.45) is 2.34. The van der Waals surface area contributed by atoms with Gasteiger partial charge in [-0.15, -0.1) is 22.2 Å². The van der Waals surface area contributed by atoms with Gasteiger partial charge in [0, 0.05) is 23.7 Å². The fourth-order valence-electron chi connectivity index (χ4n) is 2.71. The summed E-state index contributed by atoms with van der Waals surface area (Å²) in [6.45, 7) is 7.99. The predicted molar refractivity (Wildman–Crippen MR) is 114 cm³/mol. The molecule has 130 valence electrons. The van der Waals surface area contributed by atoms with E-state index in [0.717, 1.165) is 0 Å². The first-order valence-corrected chi connectivity index (χ1v) is 11.3. The zero-order chi connectivity index (χ0) is 17.8. The molecule has 0 saturated heterocycles. The third-order valence-electron chi connectivity index (χ3n) is 4.94. The lowest BCUT2D eigenvalue weighted by Crippen LogP contribution is -2.42. The van der Waals surface area contributed by atoms with Crippen molar-refractivity contribution in [3.63, 3.8) is 0 Å². The van der Waals surface area contributed by atoms with Crippen LogP contribution in [-0.4, -0.2) is 20.8 Å². The third kappa shape index (κ3) is 3.14. The number of fused-ring (bicyclic) bond motifs is 4. The van der Waals surface area contributed by atoms with E-state index in [-0.39, 0.29) is 15.2 Å². The molecule has 0 amide bonds. The van der Waals surface area contributed by atoms with Crippen molar-refractivity contribution in [3.05, 3.63) is 57.8 Å². The van der Waals surface area contributed by atoms with E-state index < -0.39 is 5.60 Å². The van der Waals surface area contributed by atoms with Crippen LogP contribution in [0.25, 0.3) is 6.08 Å². The van der Waals surface area contributed by atoms with Crippen molar-refractivity contribution in [2.45, 2.75) is 52.7 Å². The average Bonchev–Trinajstić information content (AvgIpc) is 2.88. The van der Waals surface area contributed by atoms with E-state index in [1.807, 2.05) is 25.6 Å². The molecule has 1 atom stereocenters. The first kappa shape index (κ1) is 17.5. The van der Waals surface area contributed by atoms with Crippen LogP contribution in [0.2, 0.25) is 0 Å². The molecule has 2 aromatic rings. The minimum Gasteiger partial charge on any atom is -0.389 e. The highest BCUT2D eigenvalue weighted by Gasteiger charge is 2.36. The van der Waals surface area contributed by atoms with E-state index >= 15 is 0 Å². The number of rotatable bonds is 3. The summed E-state index contributed by atoms with van der Waals surface area (Å²) in [5.74, 6) is 0. The van der Waals surface area contributed by atoms with Crippen molar-refractivity contribution in [3.8, 4) is 0 Å². The van der Waals surface area contributed by atoms with E-state index in [9.17, 15) is 5.11 Å². The summed E-state index contributed by atoms with van der Waals surface area (Å²) in [5, 5.41) is 12.9. The number of aliphatic hydroxyl groups is 1. The first-order valence-electron chi connectivity index (χ1n) is 8.37. The Hall–Kier alpha value is -0.940. The van der Waals surface area contributed by atoms with Gasteiger partial charge in [0.25, 0.3) is 0 Å². The lowest BCUT2D eigenvalue weighted by atomic mass is 9.94. The fraction of sp³-hybridized carbons (Fsp3) is 0.286. The Morgan fingerprint density at radius 1 is 1.00 bits per heavy atom. The normalized spacial score (nSPS) is 18.8. The highest BCUT2D eigenvalue weighted by atomic mass is 32.2. The molecule has 0 spiro atoms. The molecule has 0 fully saturated rings. The number of benzene rings is 2. The second kappa shape index (κ2) is 6.05. The summed E-state index contributed by atoms with van der Waals surface area (Å²) in [5.41, 5.74) is 1.91. The van der Waals surface area contributed by atoms with E-state index in [4.69, 9.17) is 0 Å². The lowest BCUT2D eigenvalue weighted by molar-refractivity contribution is 0.0492. The minimum absolute atomic E-state index is 0.0418. The zero-order valence-corrected chi connectivity index (χ0v) is 17.3. The van der Waals surface area contributed by atoms with Gasteiger partial charge in [0.05, 0.1) is 5.60 Å². The molecular weight excluding hydrogens is 364 g/mol. The molecule has 0 aromatic heterocycles. The second-order valence-electron chi connectivity index (χ2n) is 7.43. The first-order chi connectivity index (χ1) is 11.7. The quantitative estimate of drug-likeness (QED) is 0.499. The van der Waals surface area contributed by atoms with Crippen molar-refractivity contribution in [1.82, 2.24) is 0 Å². The van der Waals surface area contributed by atoms with E-state index in [1.165, 1.54) is 30.1 Å². The smallest absolute Gasteiger partial charge is 0.0735 e. The van der Waals surface area contributed by atoms with Gasteiger partial charge in [-0.2, -0.15) is 0 Å². The number of hydrogen-bond donors (Lipinski definition) is 1. The van der Waals surface area contributed by atoms with Gasteiger partial charge in [0.2, 0.25) is 0 Å². The van der Waals surface area contributed by atoms with Gasteiger partial charge in [-0.1, -0.05) is 36.0 Å². The van der Waals surface area contributed by atoms with Crippen LogP contribution in [0, 0.1) is 0 Å². The Morgan fingerprint density at radius 2 is 1.72 bits per heavy atom. The van der Waals surface area contributed by atoms with Gasteiger partial charge in [-0.3, -0.25) is 0 Å². The van der Waals surface area contributed by atoms with Crippen molar-refractivity contribution < 1.29 is 5.11 Å². The van der Waals surface area contributed by atoms with Crippen molar-refractivity contribution in [2.24, 2.45) is 0 Å². The second-order valence-corrected chi connectivity index (χ2v) is 12.3. The van der Waals surface area contributed by atoms with Gasteiger partial charge in [-0.25, -0.2) is 0 Å². The zero-order valence-electron chi connectivity index (χ0n) is 14.9. The van der Waals surface area contributed by atoms with Crippen LogP contribution in [0.3, 0.4) is 0 Å². The van der Waals surface area contributed by atoms with Gasteiger partial charge < -0.3 is 5.11 Å². The average molecular weight is 387 g/mol. The molecule has 4 heteroatoms. The number of hydrogen-bond acceptors (Lipinski definition) is 3. The Kier molecular flexibility index (Phi) is 4.23. The van der Waals surface area contributed by atoms with E-state index in [2.05, 4.69) is 67.8 Å². The largest absolute Gasteiger partial charge is 0.389 e. The molecule has 2 aliphatic heterocycles. The van der Waals surface area contributed by atoms with Crippen LogP contribution in [0.4, 0.5) is 0 Å². The summed E-state index contributed by atoms with van der Waals surface area (Å²) in [4.78, 5) is 4.01. The van der Waals surface area contributed by atoms with Crippen LogP contribution in [0.1, 0.15) is 38.8 Å². The molecule has 0 bridgehead atoms. The van der Waals surface area contributed by atoms with Crippen LogP contribution < -0.4 is 0 Å². The van der Waals surface area contributed by atoms with Gasteiger partial charge in [0.1, 0.15) is 0 Å². The molecule has 2 heterocycles. The highest BCUT2D eigenvalue weighted by molar-refractivity contribution is 8.33.